The van der Waals surface area contributed by atoms with Gasteiger partial charge in [-0.1, -0.05) is 72.3 Å². The van der Waals surface area contributed by atoms with E-state index in [9.17, 15) is 19.7 Å². The van der Waals surface area contributed by atoms with Crippen LogP contribution in [-0.2, 0) is 9.59 Å². The minimum Gasteiger partial charge on any atom is -0.295 e. The van der Waals surface area contributed by atoms with E-state index in [1.165, 1.54) is 17.0 Å². The largest absolute Gasteiger partial charge is 0.295 e. The van der Waals surface area contributed by atoms with E-state index in [1.807, 2.05) is 48.5 Å². The Morgan fingerprint density at radius 3 is 1.97 bits per heavy atom. The topological polar surface area (TPSA) is 83.8 Å². The van der Waals surface area contributed by atoms with Crippen LogP contribution in [0, 0.1) is 10.1 Å². The third-order valence-corrected chi connectivity index (χ3v) is 7.08. The molecule has 0 N–H and O–H groups in total. The van der Waals surface area contributed by atoms with Crippen LogP contribution in [0.1, 0.15) is 17.2 Å². The molecular formula is C31H20ClN3O4. The van der Waals surface area contributed by atoms with E-state index in [4.69, 9.17) is 11.6 Å². The average molecular weight is 534 g/mol. The molecule has 39 heavy (non-hydrogen) atoms. The van der Waals surface area contributed by atoms with E-state index in [0.717, 1.165) is 5.56 Å². The Morgan fingerprint density at radius 2 is 1.33 bits per heavy atom. The molecule has 0 radical (unpaired) electrons. The van der Waals surface area contributed by atoms with Crippen molar-refractivity contribution in [3.05, 3.63) is 152 Å². The van der Waals surface area contributed by atoms with Crippen LogP contribution in [0.25, 0.3) is 6.08 Å². The molecule has 0 aromatic heterocycles. The van der Waals surface area contributed by atoms with Gasteiger partial charge >= 0.3 is 0 Å². The lowest BCUT2D eigenvalue weighted by Crippen LogP contribution is -2.38. The number of amides is 2. The van der Waals surface area contributed by atoms with Crippen molar-refractivity contribution in [1.82, 2.24) is 0 Å². The summed E-state index contributed by atoms with van der Waals surface area (Å²) in [5, 5.41) is 12.3. The number of hydrogen-bond donors (Lipinski definition) is 0. The second-order valence-corrected chi connectivity index (χ2v) is 9.51. The van der Waals surface area contributed by atoms with Gasteiger partial charge in [-0.25, -0.2) is 0 Å². The van der Waals surface area contributed by atoms with Crippen molar-refractivity contribution in [2.45, 2.75) is 6.04 Å². The van der Waals surface area contributed by atoms with Gasteiger partial charge < -0.3 is 0 Å². The molecule has 4 aromatic rings. The number of nitrogens with zero attached hydrogens (tertiary/aromatic N) is 3. The Hall–Kier alpha value is -5.01. The molecule has 190 valence electrons. The molecule has 0 saturated carbocycles. The highest BCUT2D eigenvalue weighted by Crippen LogP contribution is 2.51. The van der Waals surface area contributed by atoms with Gasteiger partial charge in [-0.15, -0.1) is 0 Å². The maximum atomic E-state index is 14.3. The lowest BCUT2D eigenvalue weighted by molar-refractivity contribution is -0.385. The molecule has 1 atom stereocenters. The highest BCUT2D eigenvalue weighted by molar-refractivity contribution is 6.31. The fourth-order valence-electron chi connectivity index (χ4n) is 5.14. The summed E-state index contributed by atoms with van der Waals surface area (Å²) in [6.07, 6.45) is 1.52. The van der Waals surface area contributed by atoms with Gasteiger partial charge in [0.15, 0.2) is 0 Å². The van der Waals surface area contributed by atoms with E-state index in [2.05, 4.69) is 0 Å². The number of benzene rings is 4. The zero-order valence-corrected chi connectivity index (χ0v) is 21.2. The lowest BCUT2D eigenvalue weighted by Gasteiger charge is -2.30. The van der Waals surface area contributed by atoms with Crippen molar-refractivity contribution < 1.29 is 14.5 Å². The fraction of sp³-hybridized carbons (Fsp3) is 0.0323. The molecule has 6 rings (SSSR count). The van der Waals surface area contributed by atoms with Crippen molar-refractivity contribution >= 4 is 46.6 Å². The fourth-order valence-corrected chi connectivity index (χ4v) is 5.27. The maximum Gasteiger partial charge on any atom is 0.276 e. The summed E-state index contributed by atoms with van der Waals surface area (Å²) in [5.74, 6) is -0.774. The summed E-state index contributed by atoms with van der Waals surface area (Å²) in [6, 6.07) is 30.8. The Balaban J connectivity index is 1.63. The Bertz CT molecular complexity index is 1680. The van der Waals surface area contributed by atoms with Gasteiger partial charge in [-0.3, -0.25) is 29.5 Å². The van der Waals surface area contributed by atoms with Gasteiger partial charge in [-0.2, -0.15) is 0 Å². The van der Waals surface area contributed by atoms with Crippen LogP contribution in [0.5, 0.6) is 0 Å². The van der Waals surface area contributed by atoms with Gasteiger partial charge in [-0.05, 0) is 54.1 Å². The molecule has 7 nitrogen and oxygen atoms in total. The number of nitro groups is 1. The normalized spacial score (nSPS) is 17.8. The van der Waals surface area contributed by atoms with Crippen LogP contribution >= 0.6 is 11.6 Å². The quantitative estimate of drug-likeness (QED) is 0.162. The zero-order valence-electron chi connectivity index (χ0n) is 20.4. The Labute approximate surface area is 229 Å². The average Bonchev–Trinajstić information content (AvgIpc) is 3.41. The molecule has 0 saturated heterocycles. The third kappa shape index (κ3) is 4.09. The van der Waals surface area contributed by atoms with E-state index in [0.29, 0.717) is 22.0 Å². The molecule has 1 unspecified atom stereocenters. The third-order valence-electron chi connectivity index (χ3n) is 6.82. The minimum atomic E-state index is -0.668. The molecule has 0 bridgehead atoms. The number of anilines is 2. The van der Waals surface area contributed by atoms with Crippen LogP contribution in [0.3, 0.4) is 0 Å². The number of para-hydroxylation sites is 3. The molecule has 0 fully saturated rings. The van der Waals surface area contributed by atoms with Crippen LogP contribution in [-0.4, -0.2) is 16.7 Å². The Kier molecular flexibility index (Phi) is 6.05. The SMILES string of the molecule is O=C1/C(=C\c2ccccc2[N+](=O)[O-])C2=C(C(=O)N(c3ccccc3)C2c2ccc(Cl)cc2)N1c1ccccc1. The zero-order chi connectivity index (χ0) is 27.1. The highest BCUT2D eigenvalue weighted by atomic mass is 35.5. The maximum absolute atomic E-state index is 14.3. The van der Waals surface area contributed by atoms with Crippen LogP contribution in [0.15, 0.2) is 126 Å². The molecule has 2 aliphatic heterocycles. The predicted octanol–water partition coefficient (Wildman–Crippen LogP) is 6.72. The second kappa shape index (κ2) is 9.70. The smallest absolute Gasteiger partial charge is 0.276 e. The predicted molar refractivity (Wildman–Crippen MR) is 150 cm³/mol. The standard InChI is InChI=1S/C31H20ClN3O4/c32-22-17-15-20(16-18-22)28-27-25(19-21-9-7-8-14-26(21)35(38)39)30(36)34(24-12-5-2-6-13-24)29(27)31(37)33(28)23-10-3-1-4-11-23/h1-19,28H/b25-19-. The monoisotopic (exact) mass is 533 g/mol. The number of halogens is 1. The first-order valence-corrected chi connectivity index (χ1v) is 12.6. The molecule has 4 aromatic carbocycles. The van der Waals surface area contributed by atoms with Crippen molar-refractivity contribution in [3.63, 3.8) is 0 Å². The van der Waals surface area contributed by atoms with Gasteiger partial charge in [0.2, 0.25) is 0 Å². The minimum absolute atomic E-state index is 0.134. The molecule has 8 heteroatoms. The van der Waals surface area contributed by atoms with Gasteiger partial charge in [0.25, 0.3) is 17.5 Å². The summed E-state index contributed by atoms with van der Waals surface area (Å²) >= 11 is 6.19. The van der Waals surface area contributed by atoms with Crippen molar-refractivity contribution in [3.8, 4) is 0 Å². The first kappa shape index (κ1) is 24.3. The summed E-state index contributed by atoms with van der Waals surface area (Å²) in [4.78, 5) is 42.7. The summed E-state index contributed by atoms with van der Waals surface area (Å²) in [5.41, 5.74) is 2.99. The highest BCUT2D eigenvalue weighted by Gasteiger charge is 2.52. The lowest BCUT2D eigenvalue weighted by atomic mass is 9.92. The summed E-state index contributed by atoms with van der Waals surface area (Å²) in [6.45, 7) is 0. The summed E-state index contributed by atoms with van der Waals surface area (Å²) in [7, 11) is 0. The van der Waals surface area contributed by atoms with Gasteiger partial charge in [0.05, 0.1) is 16.5 Å². The van der Waals surface area contributed by atoms with Crippen LogP contribution in [0.4, 0.5) is 17.1 Å². The molecule has 2 heterocycles. The molecule has 2 amide bonds. The molecule has 2 aliphatic rings. The van der Waals surface area contributed by atoms with Crippen LogP contribution in [0.2, 0.25) is 5.02 Å². The Morgan fingerprint density at radius 1 is 0.744 bits per heavy atom. The first-order chi connectivity index (χ1) is 19.0. The summed E-state index contributed by atoms with van der Waals surface area (Å²) < 4.78 is 0. The van der Waals surface area contributed by atoms with E-state index >= 15 is 0 Å². The van der Waals surface area contributed by atoms with E-state index < -0.39 is 16.9 Å². The molecule has 0 aliphatic carbocycles. The van der Waals surface area contributed by atoms with E-state index in [1.54, 1.807) is 59.5 Å². The van der Waals surface area contributed by atoms with Gasteiger partial charge in [0, 0.05) is 33.6 Å². The van der Waals surface area contributed by atoms with Crippen molar-refractivity contribution in [1.29, 1.82) is 0 Å². The van der Waals surface area contributed by atoms with E-state index in [-0.39, 0.29) is 28.4 Å². The van der Waals surface area contributed by atoms with Crippen molar-refractivity contribution in [2.24, 2.45) is 0 Å². The first-order valence-electron chi connectivity index (χ1n) is 12.2. The van der Waals surface area contributed by atoms with Gasteiger partial charge in [0.1, 0.15) is 5.70 Å². The number of nitro benzene ring substituents is 1. The van der Waals surface area contributed by atoms with Crippen LogP contribution < -0.4 is 9.80 Å². The number of hydrogen-bond acceptors (Lipinski definition) is 4. The van der Waals surface area contributed by atoms with Crippen molar-refractivity contribution in [2.75, 3.05) is 9.80 Å². The molecule has 0 spiro atoms. The number of carbonyl (C=O) groups is 2. The molecular weight excluding hydrogens is 514 g/mol. The number of carbonyl (C=O) groups excluding carboxylic acids is 2. The second-order valence-electron chi connectivity index (χ2n) is 9.08. The number of rotatable bonds is 5.